The molecule has 0 aromatic rings. The second-order valence-corrected chi connectivity index (χ2v) is 6.75. The van der Waals surface area contributed by atoms with Crippen molar-refractivity contribution in [2.24, 2.45) is 11.8 Å². The first kappa shape index (κ1) is 16.5. The summed E-state index contributed by atoms with van der Waals surface area (Å²) >= 11 is 0. The van der Waals surface area contributed by atoms with Crippen molar-refractivity contribution in [2.75, 3.05) is 13.7 Å². The second-order valence-electron chi connectivity index (χ2n) is 6.75. The van der Waals surface area contributed by atoms with Crippen LogP contribution in [0, 0.1) is 11.8 Å². The minimum absolute atomic E-state index is 0.167. The Bertz CT molecular complexity index is 270. The van der Waals surface area contributed by atoms with Crippen molar-refractivity contribution in [3.63, 3.8) is 0 Å². The third-order valence-electron chi connectivity index (χ3n) is 4.37. The zero-order chi connectivity index (χ0) is 14.3. The molecule has 1 aliphatic rings. The van der Waals surface area contributed by atoms with Gasteiger partial charge in [-0.3, -0.25) is 4.79 Å². The lowest BCUT2D eigenvalue weighted by Crippen LogP contribution is -2.44. The van der Waals surface area contributed by atoms with E-state index in [2.05, 4.69) is 26.1 Å². The molecule has 0 radical (unpaired) electrons. The lowest BCUT2D eigenvalue weighted by molar-refractivity contribution is -0.124. The minimum atomic E-state index is -0.167. The highest BCUT2D eigenvalue weighted by Crippen LogP contribution is 2.31. The Morgan fingerprint density at radius 1 is 1.32 bits per heavy atom. The number of rotatable bonds is 7. The van der Waals surface area contributed by atoms with Crippen LogP contribution in [0.1, 0.15) is 65.7 Å². The monoisotopic (exact) mass is 269 g/mol. The van der Waals surface area contributed by atoms with Gasteiger partial charge in [0.25, 0.3) is 0 Å². The fraction of sp³-hybridized carbons (Fsp3) is 0.938. The summed E-state index contributed by atoms with van der Waals surface area (Å²) in [5.74, 6) is 1.46. The Hall–Kier alpha value is -0.570. The summed E-state index contributed by atoms with van der Waals surface area (Å²) < 4.78 is 5.08. The lowest BCUT2D eigenvalue weighted by atomic mass is 9.79. The fourth-order valence-electron chi connectivity index (χ4n) is 3.01. The number of ether oxygens (including phenoxy) is 1. The molecule has 0 aliphatic heterocycles. The van der Waals surface area contributed by atoms with Crippen LogP contribution in [0.2, 0.25) is 0 Å². The molecule has 0 saturated heterocycles. The number of methoxy groups -OCH3 is 1. The first-order valence-corrected chi connectivity index (χ1v) is 7.74. The number of carbonyl (C=O) groups is 1. The molecule has 3 heteroatoms. The Balaban J connectivity index is 2.32. The van der Waals surface area contributed by atoms with Crippen molar-refractivity contribution >= 4 is 5.91 Å². The maximum atomic E-state index is 12.1. The average molecular weight is 269 g/mol. The van der Waals surface area contributed by atoms with Gasteiger partial charge in [0.05, 0.1) is 0 Å². The van der Waals surface area contributed by atoms with E-state index < -0.39 is 0 Å². The molecular formula is C16H31NO2. The highest BCUT2D eigenvalue weighted by molar-refractivity contribution is 5.76. The highest BCUT2D eigenvalue weighted by Gasteiger charge is 2.25. The van der Waals surface area contributed by atoms with Crippen molar-refractivity contribution in [3.8, 4) is 0 Å². The van der Waals surface area contributed by atoms with Crippen molar-refractivity contribution in [1.82, 2.24) is 5.32 Å². The summed E-state index contributed by atoms with van der Waals surface area (Å²) in [5.41, 5.74) is -0.167. The maximum Gasteiger partial charge on any atom is 0.220 e. The Morgan fingerprint density at radius 2 is 1.95 bits per heavy atom. The number of hydrogen-bond donors (Lipinski definition) is 1. The molecule has 0 aromatic heterocycles. The molecule has 1 saturated carbocycles. The van der Waals surface area contributed by atoms with E-state index in [4.69, 9.17) is 4.74 Å². The number of carbonyl (C=O) groups excluding carboxylic acids is 1. The predicted molar refractivity (Wildman–Crippen MR) is 79.1 cm³/mol. The topological polar surface area (TPSA) is 38.3 Å². The molecule has 19 heavy (non-hydrogen) atoms. The molecular weight excluding hydrogens is 238 g/mol. The van der Waals surface area contributed by atoms with Crippen molar-refractivity contribution < 1.29 is 9.53 Å². The largest absolute Gasteiger partial charge is 0.385 e. The van der Waals surface area contributed by atoms with Crippen LogP contribution in [0.3, 0.4) is 0 Å². The second kappa shape index (κ2) is 7.88. The molecule has 0 aromatic carbocycles. The van der Waals surface area contributed by atoms with Gasteiger partial charge in [-0.25, -0.2) is 0 Å². The van der Waals surface area contributed by atoms with E-state index in [0.717, 1.165) is 12.3 Å². The molecule has 1 amide bonds. The van der Waals surface area contributed by atoms with E-state index in [1.807, 2.05) is 0 Å². The van der Waals surface area contributed by atoms with Gasteiger partial charge in [-0.2, -0.15) is 0 Å². The van der Waals surface area contributed by atoms with Gasteiger partial charge in [-0.1, -0.05) is 39.0 Å². The van der Waals surface area contributed by atoms with Gasteiger partial charge in [0.2, 0.25) is 5.91 Å². The predicted octanol–water partition coefficient (Wildman–Crippen LogP) is 3.52. The molecule has 3 nitrogen and oxygen atoms in total. The van der Waals surface area contributed by atoms with Crippen LogP contribution in [0.4, 0.5) is 0 Å². The van der Waals surface area contributed by atoms with Crippen LogP contribution < -0.4 is 5.32 Å². The molecule has 1 aliphatic carbocycles. The highest BCUT2D eigenvalue weighted by atomic mass is 16.5. The summed E-state index contributed by atoms with van der Waals surface area (Å²) in [6.07, 6.45) is 8.20. The van der Waals surface area contributed by atoms with E-state index >= 15 is 0 Å². The molecule has 0 heterocycles. The third-order valence-corrected chi connectivity index (χ3v) is 4.37. The normalized spacial score (nSPS) is 19.2. The van der Waals surface area contributed by atoms with Gasteiger partial charge >= 0.3 is 0 Å². The molecule has 1 rings (SSSR count). The molecule has 1 N–H and O–H groups in total. The van der Waals surface area contributed by atoms with Crippen LogP contribution in [0.25, 0.3) is 0 Å². The van der Waals surface area contributed by atoms with Crippen molar-refractivity contribution in [1.29, 1.82) is 0 Å². The van der Waals surface area contributed by atoms with Crippen molar-refractivity contribution in [3.05, 3.63) is 0 Å². The fourth-order valence-corrected chi connectivity index (χ4v) is 3.01. The summed E-state index contributed by atoms with van der Waals surface area (Å²) in [6.45, 7) is 7.05. The number of nitrogens with one attached hydrogen (secondary N) is 1. The van der Waals surface area contributed by atoms with Gasteiger partial charge in [-0.15, -0.1) is 0 Å². The van der Waals surface area contributed by atoms with E-state index in [-0.39, 0.29) is 11.4 Å². The van der Waals surface area contributed by atoms with Gasteiger partial charge in [0, 0.05) is 25.7 Å². The van der Waals surface area contributed by atoms with Crippen LogP contribution in [0.5, 0.6) is 0 Å². The van der Waals surface area contributed by atoms with E-state index in [1.165, 1.54) is 32.1 Å². The molecule has 112 valence electrons. The first-order chi connectivity index (χ1) is 8.94. The third kappa shape index (κ3) is 6.42. The van der Waals surface area contributed by atoms with Crippen LogP contribution >= 0.6 is 0 Å². The zero-order valence-corrected chi connectivity index (χ0v) is 13.1. The zero-order valence-electron chi connectivity index (χ0n) is 13.1. The summed E-state index contributed by atoms with van der Waals surface area (Å²) in [6, 6.07) is 0. The number of hydrogen-bond acceptors (Lipinski definition) is 2. The molecule has 0 bridgehead atoms. The summed E-state index contributed by atoms with van der Waals surface area (Å²) in [4.78, 5) is 12.1. The van der Waals surface area contributed by atoms with E-state index in [9.17, 15) is 4.79 Å². The van der Waals surface area contributed by atoms with Crippen molar-refractivity contribution in [2.45, 2.75) is 71.3 Å². The lowest BCUT2D eigenvalue weighted by Gasteiger charge is -2.30. The van der Waals surface area contributed by atoms with E-state index in [1.54, 1.807) is 7.11 Å². The minimum Gasteiger partial charge on any atom is -0.385 e. The smallest absolute Gasteiger partial charge is 0.220 e. The Morgan fingerprint density at radius 3 is 2.53 bits per heavy atom. The Kier molecular flexibility index (Phi) is 6.84. The summed E-state index contributed by atoms with van der Waals surface area (Å²) in [7, 11) is 1.70. The first-order valence-electron chi connectivity index (χ1n) is 7.74. The summed E-state index contributed by atoms with van der Waals surface area (Å²) in [5, 5.41) is 3.14. The Labute approximate surface area is 118 Å². The van der Waals surface area contributed by atoms with E-state index in [0.29, 0.717) is 18.9 Å². The molecule has 1 fully saturated rings. The SMILES string of the molecule is COCCC(C)(C)NC(=O)C[C@H](C)C1CCCCC1. The van der Waals surface area contributed by atoms with Crippen LogP contribution in [-0.4, -0.2) is 25.2 Å². The molecule has 1 atom stereocenters. The van der Waals surface area contributed by atoms with Crippen LogP contribution in [-0.2, 0) is 9.53 Å². The van der Waals surface area contributed by atoms with Gasteiger partial charge in [0.15, 0.2) is 0 Å². The standard InChI is InChI=1S/C16H31NO2/c1-13(14-8-6-5-7-9-14)12-15(18)17-16(2,3)10-11-19-4/h13-14H,5-12H2,1-4H3,(H,17,18)/t13-/m0/s1. The van der Waals surface area contributed by atoms with Gasteiger partial charge in [0.1, 0.15) is 0 Å². The maximum absolute atomic E-state index is 12.1. The molecule has 0 spiro atoms. The van der Waals surface area contributed by atoms with Crippen LogP contribution in [0.15, 0.2) is 0 Å². The average Bonchev–Trinajstić information content (AvgIpc) is 2.36. The number of amides is 1. The quantitative estimate of drug-likeness (QED) is 0.768. The van der Waals surface area contributed by atoms with Gasteiger partial charge in [-0.05, 0) is 32.1 Å². The van der Waals surface area contributed by atoms with Gasteiger partial charge < -0.3 is 10.1 Å². The molecule has 0 unspecified atom stereocenters.